The van der Waals surface area contributed by atoms with E-state index in [2.05, 4.69) is 35.6 Å². The molecule has 1 saturated carbocycles. The van der Waals surface area contributed by atoms with Gasteiger partial charge in [0.25, 0.3) is 0 Å². The zero-order valence-corrected chi connectivity index (χ0v) is 10.2. The third kappa shape index (κ3) is 2.03. The number of benzene rings is 2. The smallest absolute Gasteiger partial charge is 0.0637 e. The van der Waals surface area contributed by atoms with Crippen LogP contribution in [0.2, 0.25) is 5.02 Å². The molecule has 86 valence electrons. The lowest BCUT2D eigenvalue weighted by molar-refractivity contribution is 0.808. The molecule has 2 aromatic rings. The van der Waals surface area contributed by atoms with Crippen molar-refractivity contribution in [2.24, 2.45) is 0 Å². The molecule has 17 heavy (non-hydrogen) atoms. The summed E-state index contributed by atoms with van der Waals surface area (Å²) in [6.45, 7) is 0. The van der Waals surface area contributed by atoms with Crippen molar-refractivity contribution >= 4 is 17.3 Å². The Balaban J connectivity index is 1.89. The summed E-state index contributed by atoms with van der Waals surface area (Å²) in [5.41, 5.74) is 2.47. The first-order valence-electron chi connectivity index (χ1n) is 5.88. The zero-order chi connectivity index (χ0) is 11.7. The molecule has 1 N–H and O–H groups in total. The second-order valence-corrected chi connectivity index (χ2v) is 4.96. The van der Waals surface area contributed by atoms with Gasteiger partial charge in [0.15, 0.2) is 0 Å². The van der Waals surface area contributed by atoms with Crippen LogP contribution >= 0.6 is 11.6 Å². The van der Waals surface area contributed by atoms with Gasteiger partial charge in [-0.25, -0.2) is 0 Å². The summed E-state index contributed by atoms with van der Waals surface area (Å²) >= 11 is 6.18. The quantitative estimate of drug-likeness (QED) is 0.840. The van der Waals surface area contributed by atoms with Crippen molar-refractivity contribution in [3.63, 3.8) is 0 Å². The molecule has 0 aliphatic heterocycles. The van der Waals surface area contributed by atoms with Crippen LogP contribution in [0.3, 0.4) is 0 Å². The Morgan fingerprint density at radius 2 is 1.53 bits per heavy atom. The molecule has 0 atom stereocenters. The van der Waals surface area contributed by atoms with Gasteiger partial charge in [-0.1, -0.05) is 54.1 Å². The Morgan fingerprint density at radius 1 is 0.882 bits per heavy atom. The summed E-state index contributed by atoms with van der Waals surface area (Å²) in [5.74, 6) is 0. The van der Waals surface area contributed by atoms with Gasteiger partial charge in [0, 0.05) is 0 Å². The number of rotatable bonds is 3. The molecule has 0 amide bonds. The molecule has 0 bridgehead atoms. The zero-order valence-electron chi connectivity index (χ0n) is 9.49. The highest BCUT2D eigenvalue weighted by atomic mass is 35.5. The Hall–Kier alpha value is -1.47. The maximum Gasteiger partial charge on any atom is 0.0637 e. The van der Waals surface area contributed by atoms with E-state index >= 15 is 0 Å². The van der Waals surface area contributed by atoms with Crippen LogP contribution in [0.1, 0.15) is 18.4 Å². The van der Waals surface area contributed by atoms with Crippen LogP contribution in [0.5, 0.6) is 0 Å². The molecule has 1 aliphatic carbocycles. The minimum absolute atomic E-state index is 0.103. The van der Waals surface area contributed by atoms with Gasteiger partial charge in [0.05, 0.1) is 16.2 Å². The Kier molecular flexibility index (Phi) is 2.56. The van der Waals surface area contributed by atoms with Gasteiger partial charge in [0.1, 0.15) is 0 Å². The van der Waals surface area contributed by atoms with Crippen molar-refractivity contribution in [1.29, 1.82) is 0 Å². The molecule has 0 heterocycles. The number of nitrogens with one attached hydrogen (secondary N) is 1. The van der Waals surface area contributed by atoms with Gasteiger partial charge in [-0.3, -0.25) is 0 Å². The Bertz CT molecular complexity index is 517. The van der Waals surface area contributed by atoms with Crippen molar-refractivity contribution in [3.8, 4) is 0 Å². The van der Waals surface area contributed by atoms with E-state index in [0.29, 0.717) is 0 Å². The molecule has 0 saturated heterocycles. The summed E-state index contributed by atoms with van der Waals surface area (Å²) in [5, 5.41) is 4.37. The highest BCUT2D eigenvalue weighted by Gasteiger charge is 2.44. The molecule has 2 heteroatoms. The van der Waals surface area contributed by atoms with Crippen LogP contribution in [0.4, 0.5) is 5.69 Å². The molecule has 0 radical (unpaired) electrons. The maximum atomic E-state index is 6.18. The van der Waals surface area contributed by atoms with Crippen molar-refractivity contribution in [3.05, 3.63) is 65.2 Å². The Labute approximate surface area is 106 Å². The lowest BCUT2D eigenvalue weighted by Crippen LogP contribution is -2.18. The van der Waals surface area contributed by atoms with Gasteiger partial charge < -0.3 is 5.32 Å². The minimum atomic E-state index is 0.103. The molecule has 1 fully saturated rings. The fourth-order valence-electron chi connectivity index (χ4n) is 2.19. The topological polar surface area (TPSA) is 12.0 Å². The summed E-state index contributed by atoms with van der Waals surface area (Å²) in [7, 11) is 0. The number of halogens is 1. The summed E-state index contributed by atoms with van der Waals surface area (Å²) in [4.78, 5) is 0. The van der Waals surface area contributed by atoms with E-state index in [1.54, 1.807) is 0 Å². The normalized spacial score (nSPS) is 16.5. The van der Waals surface area contributed by atoms with E-state index < -0.39 is 0 Å². The average Bonchev–Trinajstić information content (AvgIpc) is 3.15. The van der Waals surface area contributed by atoms with Crippen LogP contribution in [0.25, 0.3) is 0 Å². The molecule has 0 aromatic heterocycles. The first-order valence-corrected chi connectivity index (χ1v) is 6.26. The predicted molar refractivity (Wildman–Crippen MR) is 72.4 cm³/mol. The first kappa shape index (κ1) is 10.7. The molecule has 0 unspecified atom stereocenters. The minimum Gasteiger partial charge on any atom is -0.374 e. The number of hydrogen-bond acceptors (Lipinski definition) is 1. The molecule has 3 rings (SSSR count). The lowest BCUT2D eigenvalue weighted by Gasteiger charge is -2.20. The molecule has 1 nitrogen and oxygen atoms in total. The predicted octanol–water partition coefficient (Wildman–Crippen LogP) is 4.44. The average molecular weight is 244 g/mol. The van der Waals surface area contributed by atoms with Crippen LogP contribution in [0, 0.1) is 0 Å². The Morgan fingerprint density at radius 3 is 2.18 bits per heavy atom. The fraction of sp³-hybridized carbons (Fsp3) is 0.200. The maximum absolute atomic E-state index is 6.18. The van der Waals surface area contributed by atoms with Crippen molar-refractivity contribution in [2.45, 2.75) is 18.4 Å². The summed E-state index contributed by atoms with van der Waals surface area (Å²) < 4.78 is 0. The first-order chi connectivity index (χ1) is 8.30. The largest absolute Gasteiger partial charge is 0.374 e. The van der Waals surface area contributed by atoms with Crippen LogP contribution in [-0.2, 0) is 5.54 Å². The van der Waals surface area contributed by atoms with Gasteiger partial charge >= 0.3 is 0 Å². The van der Waals surface area contributed by atoms with E-state index in [1.165, 1.54) is 18.4 Å². The van der Waals surface area contributed by atoms with E-state index in [4.69, 9.17) is 11.6 Å². The van der Waals surface area contributed by atoms with Crippen LogP contribution in [-0.4, -0.2) is 0 Å². The van der Waals surface area contributed by atoms with E-state index in [1.807, 2.05) is 24.3 Å². The monoisotopic (exact) mass is 243 g/mol. The SMILES string of the molecule is Clc1ccccc1NC1(c2ccccc2)CC1. The second-order valence-electron chi connectivity index (χ2n) is 4.55. The van der Waals surface area contributed by atoms with Crippen molar-refractivity contribution in [2.75, 3.05) is 5.32 Å². The highest BCUT2D eigenvalue weighted by Crippen LogP contribution is 2.48. The third-order valence-electron chi connectivity index (χ3n) is 3.32. The summed E-state index contributed by atoms with van der Waals surface area (Å²) in [6, 6.07) is 18.5. The number of hydrogen-bond donors (Lipinski definition) is 1. The van der Waals surface area contributed by atoms with E-state index in [-0.39, 0.29) is 5.54 Å². The van der Waals surface area contributed by atoms with E-state index in [9.17, 15) is 0 Å². The molecular formula is C15H14ClN. The number of para-hydroxylation sites is 1. The second kappa shape index (κ2) is 4.08. The van der Waals surface area contributed by atoms with Crippen molar-refractivity contribution in [1.82, 2.24) is 0 Å². The fourth-order valence-corrected chi connectivity index (χ4v) is 2.37. The van der Waals surface area contributed by atoms with Crippen LogP contribution in [0.15, 0.2) is 54.6 Å². The van der Waals surface area contributed by atoms with E-state index in [0.717, 1.165) is 10.7 Å². The van der Waals surface area contributed by atoms with Gasteiger partial charge in [0.2, 0.25) is 0 Å². The highest BCUT2D eigenvalue weighted by molar-refractivity contribution is 6.33. The van der Waals surface area contributed by atoms with Gasteiger partial charge in [-0.05, 0) is 30.5 Å². The molecule has 1 aliphatic rings. The standard InChI is InChI=1S/C15H14ClN/c16-13-8-4-5-9-14(13)17-15(10-11-15)12-6-2-1-3-7-12/h1-9,17H,10-11H2. The summed E-state index contributed by atoms with van der Waals surface area (Å²) in [6.07, 6.45) is 2.34. The third-order valence-corrected chi connectivity index (χ3v) is 3.65. The molecular weight excluding hydrogens is 230 g/mol. The number of anilines is 1. The lowest BCUT2D eigenvalue weighted by atomic mass is 10.0. The van der Waals surface area contributed by atoms with Crippen molar-refractivity contribution < 1.29 is 0 Å². The molecule has 0 spiro atoms. The van der Waals surface area contributed by atoms with Gasteiger partial charge in [-0.15, -0.1) is 0 Å². The molecule has 2 aromatic carbocycles. The van der Waals surface area contributed by atoms with Crippen LogP contribution < -0.4 is 5.32 Å². The van der Waals surface area contributed by atoms with Gasteiger partial charge in [-0.2, -0.15) is 0 Å².